The third-order valence-corrected chi connectivity index (χ3v) is 4.34. The van der Waals surface area contributed by atoms with Crippen LogP contribution in [-0.4, -0.2) is 22.7 Å². The zero-order chi connectivity index (χ0) is 14.5. The first kappa shape index (κ1) is 14.3. The van der Waals surface area contributed by atoms with E-state index in [1.165, 1.54) is 31.2 Å². The van der Waals surface area contributed by atoms with E-state index >= 15 is 0 Å². The fourth-order valence-electron chi connectivity index (χ4n) is 3.18. The molecule has 0 unspecified atom stereocenters. The molecule has 1 N–H and O–H groups in total. The van der Waals surface area contributed by atoms with Crippen molar-refractivity contribution in [1.82, 2.24) is 15.5 Å². The molecule has 1 fully saturated rings. The Hall–Kier alpha value is -1.68. The summed E-state index contributed by atoms with van der Waals surface area (Å²) < 4.78 is 5.13. The number of nitrogens with zero attached hydrogens (tertiary/aromatic N) is 2. The number of benzene rings is 1. The molecule has 21 heavy (non-hydrogen) atoms. The van der Waals surface area contributed by atoms with Gasteiger partial charge >= 0.3 is 0 Å². The van der Waals surface area contributed by atoms with Crippen molar-refractivity contribution in [2.75, 3.05) is 6.54 Å². The number of hydrogen-bond acceptors (Lipinski definition) is 4. The van der Waals surface area contributed by atoms with Gasteiger partial charge in [0, 0.05) is 19.0 Å². The van der Waals surface area contributed by atoms with Gasteiger partial charge in [0.25, 0.3) is 0 Å². The lowest BCUT2D eigenvalue weighted by Crippen LogP contribution is -2.34. The number of nitrogens with one attached hydrogen (secondary N) is 1. The fraction of sp³-hybridized carbons (Fsp3) is 0.529. The summed E-state index contributed by atoms with van der Waals surface area (Å²) in [4.78, 5) is 4.23. The van der Waals surface area contributed by atoms with E-state index in [0.29, 0.717) is 11.9 Å². The summed E-state index contributed by atoms with van der Waals surface area (Å²) in [5.41, 5.74) is 1.50. The van der Waals surface area contributed by atoms with Gasteiger partial charge in [-0.2, -0.15) is 4.98 Å². The SMILES string of the molecule is Cc1noc(CCNC2CCC(c3ccccc3)CC2)n1. The number of rotatable bonds is 5. The zero-order valence-corrected chi connectivity index (χ0v) is 12.6. The van der Waals surface area contributed by atoms with Crippen LogP contribution in [0.1, 0.15) is 48.9 Å². The minimum Gasteiger partial charge on any atom is -0.339 e. The van der Waals surface area contributed by atoms with Crippen LogP contribution >= 0.6 is 0 Å². The second kappa shape index (κ2) is 6.85. The highest BCUT2D eigenvalue weighted by Crippen LogP contribution is 2.32. The van der Waals surface area contributed by atoms with Crippen molar-refractivity contribution in [3.05, 3.63) is 47.6 Å². The average Bonchev–Trinajstić information content (AvgIpc) is 2.94. The molecule has 1 aromatic heterocycles. The summed E-state index contributed by atoms with van der Waals surface area (Å²) in [6, 6.07) is 11.5. The van der Waals surface area contributed by atoms with Crippen molar-refractivity contribution in [3.63, 3.8) is 0 Å². The molecule has 0 aliphatic heterocycles. The molecule has 1 heterocycles. The summed E-state index contributed by atoms with van der Waals surface area (Å²) in [7, 11) is 0. The van der Waals surface area contributed by atoms with Gasteiger partial charge in [-0.1, -0.05) is 35.5 Å². The van der Waals surface area contributed by atoms with Crippen molar-refractivity contribution >= 4 is 0 Å². The second-order valence-corrected chi connectivity index (χ2v) is 5.90. The molecule has 1 aliphatic carbocycles. The number of aromatic nitrogens is 2. The van der Waals surface area contributed by atoms with Crippen LogP contribution in [0.4, 0.5) is 0 Å². The van der Waals surface area contributed by atoms with Gasteiger partial charge in [-0.25, -0.2) is 0 Å². The Bertz CT molecular complexity index is 544. The van der Waals surface area contributed by atoms with Crippen molar-refractivity contribution in [2.45, 2.75) is 51.0 Å². The van der Waals surface area contributed by atoms with Crippen molar-refractivity contribution in [2.24, 2.45) is 0 Å². The summed E-state index contributed by atoms with van der Waals surface area (Å²) in [6.45, 7) is 2.77. The quantitative estimate of drug-likeness (QED) is 0.916. The van der Waals surface area contributed by atoms with Gasteiger partial charge in [0.05, 0.1) is 0 Å². The van der Waals surface area contributed by atoms with Crippen LogP contribution in [0.2, 0.25) is 0 Å². The maximum atomic E-state index is 5.13. The lowest BCUT2D eigenvalue weighted by atomic mass is 9.82. The summed E-state index contributed by atoms with van der Waals surface area (Å²) in [5.74, 6) is 2.19. The van der Waals surface area contributed by atoms with Crippen LogP contribution in [0.5, 0.6) is 0 Å². The topological polar surface area (TPSA) is 51.0 Å². The first-order chi connectivity index (χ1) is 10.3. The van der Waals surface area contributed by atoms with E-state index in [2.05, 4.69) is 45.8 Å². The minimum absolute atomic E-state index is 0.633. The third-order valence-electron chi connectivity index (χ3n) is 4.34. The van der Waals surface area contributed by atoms with Crippen LogP contribution in [-0.2, 0) is 6.42 Å². The van der Waals surface area contributed by atoms with Crippen molar-refractivity contribution < 1.29 is 4.52 Å². The molecule has 0 spiro atoms. The largest absolute Gasteiger partial charge is 0.339 e. The van der Waals surface area contributed by atoms with E-state index < -0.39 is 0 Å². The van der Waals surface area contributed by atoms with E-state index in [9.17, 15) is 0 Å². The van der Waals surface area contributed by atoms with E-state index in [1.807, 2.05) is 6.92 Å². The highest BCUT2D eigenvalue weighted by atomic mass is 16.5. The van der Waals surface area contributed by atoms with Crippen LogP contribution in [0.3, 0.4) is 0 Å². The predicted molar refractivity (Wildman–Crippen MR) is 82.2 cm³/mol. The minimum atomic E-state index is 0.633. The third kappa shape index (κ3) is 3.91. The molecule has 0 amide bonds. The van der Waals surface area contributed by atoms with Gasteiger partial charge in [0.15, 0.2) is 5.82 Å². The van der Waals surface area contributed by atoms with Gasteiger partial charge in [0.2, 0.25) is 5.89 Å². The summed E-state index contributed by atoms with van der Waals surface area (Å²) in [5, 5.41) is 7.44. The summed E-state index contributed by atoms with van der Waals surface area (Å²) in [6.07, 6.45) is 5.88. The molecule has 3 rings (SSSR count). The molecule has 1 aromatic carbocycles. The molecule has 0 bridgehead atoms. The van der Waals surface area contributed by atoms with Gasteiger partial charge in [0.1, 0.15) is 0 Å². The lowest BCUT2D eigenvalue weighted by Gasteiger charge is -2.29. The molecule has 112 valence electrons. The monoisotopic (exact) mass is 285 g/mol. The standard InChI is InChI=1S/C17H23N3O/c1-13-19-17(21-20-13)11-12-18-16-9-7-15(8-10-16)14-5-3-2-4-6-14/h2-6,15-16,18H,7-12H2,1H3. The number of aryl methyl sites for hydroxylation is 1. The second-order valence-electron chi connectivity index (χ2n) is 5.90. The Labute approximate surface area is 126 Å². The van der Waals surface area contributed by atoms with Gasteiger partial charge in [-0.05, 0) is 44.1 Å². The van der Waals surface area contributed by atoms with Crippen molar-refractivity contribution in [3.8, 4) is 0 Å². The fourth-order valence-corrected chi connectivity index (χ4v) is 3.18. The molecule has 0 atom stereocenters. The van der Waals surface area contributed by atoms with Gasteiger partial charge < -0.3 is 9.84 Å². The molecule has 0 radical (unpaired) electrons. The Morgan fingerprint density at radius 2 is 1.90 bits per heavy atom. The maximum Gasteiger partial charge on any atom is 0.227 e. The van der Waals surface area contributed by atoms with E-state index in [0.717, 1.165) is 24.8 Å². The van der Waals surface area contributed by atoms with E-state index in [-0.39, 0.29) is 0 Å². The zero-order valence-electron chi connectivity index (χ0n) is 12.6. The molecule has 4 heteroatoms. The van der Waals surface area contributed by atoms with E-state index in [4.69, 9.17) is 4.52 Å². The molecular weight excluding hydrogens is 262 g/mol. The van der Waals surface area contributed by atoms with Crippen molar-refractivity contribution in [1.29, 1.82) is 0 Å². The Balaban J connectivity index is 1.40. The Morgan fingerprint density at radius 1 is 1.14 bits per heavy atom. The predicted octanol–water partition coefficient (Wildman–Crippen LogP) is 3.24. The first-order valence-corrected chi connectivity index (χ1v) is 7.89. The molecule has 1 aliphatic rings. The average molecular weight is 285 g/mol. The summed E-state index contributed by atoms with van der Waals surface area (Å²) >= 11 is 0. The molecule has 2 aromatic rings. The van der Waals surface area contributed by atoms with Crippen LogP contribution < -0.4 is 5.32 Å². The molecular formula is C17H23N3O. The maximum absolute atomic E-state index is 5.13. The van der Waals surface area contributed by atoms with Crippen LogP contribution in [0.15, 0.2) is 34.9 Å². The van der Waals surface area contributed by atoms with Gasteiger partial charge in [-0.3, -0.25) is 0 Å². The Morgan fingerprint density at radius 3 is 2.57 bits per heavy atom. The van der Waals surface area contributed by atoms with E-state index in [1.54, 1.807) is 0 Å². The lowest BCUT2D eigenvalue weighted by molar-refractivity contribution is 0.332. The van der Waals surface area contributed by atoms with Gasteiger partial charge in [-0.15, -0.1) is 0 Å². The Kier molecular flexibility index (Phi) is 4.65. The first-order valence-electron chi connectivity index (χ1n) is 7.89. The highest BCUT2D eigenvalue weighted by Gasteiger charge is 2.21. The van der Waals surface area contributed by atoms with Crippen LogP contribution in [0.25, 0.3) is 0 Å². The normalized spacial score (nSPS) is 22.3. The van der Waals surface area contributed by atoms with Crippen LogP contribution in [0, 0.1) is 6.92 Å². The number of hydrogen-bond donors (Lipinski definition) is 1. The molecule has 4 nitrogen and oxygen atoms in total. The molecule has 1 saturated carbocycles. The smallest absolute Gasteiger partial charge is 0.227 e. The molecule has 0 saturated heterocycles. The highest BCUT2D eigenvalue weighted by molar-refractivity contribution is 5.20.